The summed E-state index contributed by atoms with van der Waals surface area (Å²) in [7, 11) is -4.56. The first-order chi connectivity index (χ1) is 7.16. The Morgan fingerprint density at radius 1 is 1.44 bits per heavy atom. The molecule has 0 heterocycles. The zero-order chi connectivity index (χ0) is 12.8. The van der Waals surface area contributed by atoms with Gasteiger partial charge in [0.25, 0.3) is 0 Å². The van der Waals surface area contributed by atoms with Crippen molar-refractivity contribution >= 4 is 10.4 Å². The minimum atomic E-state index is -4.56. The molecule has 98 valence electrons. The second kappa shape index (κ2) is 6.45. The molecule has 8 nitrogen and oxygen atoms in total. The number of ether oxygens (including phenoxy) is 1. The van der Waals surface area contributed by atoms with E-state index in [9.17, 15) is 8.42 Å². The molecule has 0 rings (SSSR count). The fourth-order valence-corrected chi connectivity index (χ4v) is 1.02. The van der Waals surface area contributed by atoms with E-state index in [1.54, 1.807) is 6.92 Å². The van der Waals surface area contributed by atoms with E-state index < -0.39 is 28.6 Å². The van der Waals surface area contributed by atoms with Crippen LogP contribution in [0.2, 0.25) is 0 Å². The average molecular weight is 259 g/mol. The second-order valence-corrected chi connectivity index (χ2v) is 4.78. The maximum atomic E-state index is 10.1. The van der Waals surface area contributed by atoms with Gasteiger partial charge < -0.3 is 20.7 Å². The van der Waals surface area contributed by atoms with Crippen LogP contribution in [0, 0.1) is 0 Å². The Morgan fingerprint density at radius 3 is 2.44 bits per heavy atom. The van der Waals surface area contributed by atoms with Gasteiger partial charge in [0.15, 0.2) is 0 Å². The van der Waals surface area contributed by atoms with E-state index in [0.717, 1.165) is 0 Å². The van der Waals surface area contributed by atoms with Crippen LogP contribution < -0.4 is 5.73 Å². The molecule has 5 N–H and O–H groups in total. The van der Waals surface area contributed by atoms with Crippen LogP contribution in [0.5, 0.6) is 0 Å². The summed E-state index contributed by atoms with van der Waals surface area (Å²) in [5.41, 5.74) is 4.59. The van der Waals surface area contributed by atoms with Crippen molar-refractivity contribution in [1.82, 2.24) is 0 Å². The van der Waals surface area contributed by atoms with E-state index in [-0.39, 0.29) is 19.8 Å². The number of hydrogen-bond acceptors (Lipinski definition) is 7. The van der Waals surface area contributed by atoms with Gasteiger partial charge in [-0.1, -0.05) is 0 Å². The molecule has 0 bridgehead atoms. The highest BCUT2D eigenvalue weighted by molar-refractivity contribution is 7.80. The van der Waals surface area contributed by atoms with Gasteiger partial charge in [-0.25, -0.2) is 4.18 Å². The van der Waals surface area contributed by atoms with Gasteiger partial charge in [-0.15, -0.1) is 0 Å². The molecule has 0 saturated heterocycles. The highest BCUT2D eigenvalue weighted by Crippen LogP contribution is 1.99. The Morgan fingerprint density at radius 2 is 2.00 bits per heavy atom. The molecule has 0 aliphatic rings. The van der Waals surface area contributed by atoms with E-state index in [1.807, 2.05) is 0 Å². The zero-order valence-corrected chi connectivity index (χ0v) is 9.68. The zero-order valence-electron chi connectivity index (χ0n) is 8.87. The molecule has 0 aromatic rings. The number of aliphatic hydroxyl groups excluding tert-OH is 2. The molecule has 9 heteroatoms. The van der Waals surface area contributed by atoms with E-state index in [1.165, 1.54) is 0 Å². The summed E-state index contributed by atoms with van der Waals surface area (Å²) in [4.78, 5) is 0. The van der Waals surface area contributed by atoms with Gasteiger partial charge in [-0.05, 0) is 6.92 Å². The van der Waals surface area contributed by atoms with Gasteiger partial charge in [0.2, 0.25) is 0 Å². The lowest BCUT2D eigenvalue weighted by Crippen LogP contribution is -2.45. The fraction of sp³-hybridized carbons (Fsp3) is 1.00. The molecule has 0 aromatic heterocycles. The molecule has 0 fully saturated rings. The lowest BCUT2D eigenvalue weighted by atomic mass is 10.1. The first-order valence-electron chi connectivity index (χ1n) is 4.44. The van der Waals surface area contributed by atoms with E-state index in [4.69, 9.17) is 25.2 Å². The fourth-order valence-electron chi connectivity index (χ4n) is 0.686. The molecule has 0 aromatic carbocycles. The van der Waals surface area contributed by atoms with Crippen LogP contribution in [-0.2, 0) is 19.3 Å². The maximum Gasteiger partial charge on any atom is 0.397 e. The summed E-state index contributed by atoms with van der Waals surface area (Å²) in [6.07, 6.45) is -1.21. The summed E-state index contributed by atoms with van der Waals surface area (Å²) < 4.78 is 37.3. The lowest BCUT2D eigenvalue weighted by Gasteiger charge is -2.22. The average Bonchev–Trinajstić information content (AvgIpc) is 2.13. The molecule has 2 atom stereocenters. The van der Waals surface area contributed by atoms with Gasteiger partial charge in [-0.2, -0.15) is 8.42 Å². The lowest BCUT2D eigenvalue weighted by molar-refractivity contribution is -0.0104. The highest BCUT2D eigenvalue weighted by Gasteiger charge is 2.18. The summed E-state index contributed by atoms with van der Waals surface area (Å²) in [5.74, 6) is 0. The first kappa shape index (κ1) is 15.7. The van der Waals surface area contributed by atoms with E-state index in [0.29, 0.717) is 0 Å². The van der Waals surface area contributed by atoms with Gasteiger partial charge in [0.1, 0.15) is 6.10 Å². The second-order valence-electron chi connectivity index (χ2n) is 3.69. The van der Waals surface area contributed by atoms with Crippen LogP contribution in [0.25, 0.3) is 0 Å². The molecule has 2 unspecified atom stereocenters. The third kappa shape index (κ3) is 8.97. The van der Waals surface area contributed by atoms with Gasteiger partial charge >= 0.3 is 10.4 Å². The van der Waals surface area contributed by atoms with Gasteiger partial charge in [-0.3, -0.25) is 4.55 Å². The topological polar surface area (TPSA) is 139 Å². The Hall–Kier alpha value is -0.290. The van der Waals surface area contributed by atoms with Crippen LogP contribution in [0.4, 0.5) is 0 Å². The molecule has 0 saturated carbocycles. The molecule has 0 spiro atoms. The summed E-state index contributed by atoms with van der Waals surface area (Å²) in [5, 5.41) is 17.9. The molecular formula is C7H17NO7S. The van der Waals surface area contributed by atoms with Crippen LogP contribution in [0.1, 0.15) is 6.92 Å². The summed E-state index contributed by atoms with van der Waals surface area (Å²) >= 11 is 0. The minimum Gasteiger partial charge on any atom is -0.394 e. The summed E-state index contributed by atoms with van der Waals surface area (Å²) in [6.45, 7) is 0.423. The smallest absolute Gasteiger partial charge is 0.394 e. The Labute approximate surface area is 93.9 Å². The highest BCUT2D eigenvalue weighted by atomic mass is 32.3. The van der Waals surface area contributed by atoms with E-state index in [2.05, 4.69) is 4.18 Å². The summed E-state index contributed by atoms with van der Waals surface area (Å²) in [6, 6.07) is 0. The van der Waals surface area contributed by atoms with Crippen molar-refractivity contribution < 1.29 is 32.1 Å². The maximum absolute atomic E-state index is 10.1. The predicted molar refractivity (Wildman–Crippen MR) is 54.0 cm³/mol. The number of aliphatic hydroxyl groups is 2. The molecular weight excluding hydrogens is 242 g/mol. The third-order valence-corrected chi connectivity index (χ3v) is 1.95. The van der Waals surface area contributed by atoms with Crippen molar-refractivity contribution in [1.29, 1.82) is 0 Å². The van der Waals surface area contributed by atoms with Crippen molar-refractivity contribution in [3.63, 3.8) is 0 Å². The number of nitrogens with two attached hydrogens (primary N) is 1. The van der Waals surface area contributed by atoms with Gasteiger partial charge in [0.05, 0.1) is 32.0 Å². The Bertz CT molecular complexity index is 289. The van der Waals surface area contributed by atoms with Crippen molar-refractivity contribution in [2.45, 2.75) is 18.6 Å². The quantitative estimate of drug-likeness (QED) is 0.363. The largest absolute Gasteiger partial charge is 0.397 e. The van der Waals surface area contributed by atoms with Gasteiger partial charge in [0, 0.05) is 0 Å². The molecule has 0 radical (unpaired) electrons. The van der Waals surface area contributed by atoms with Crippen LogP contribution in [-0.4, -0.2) is 61.3 Å². The molecule has 0 amide bonds. The number of hydrogen-bond donors (Lipinski definition) is 4. The predicted octanol–water partition coefficient (Wildman–Crippen LogP) is -2.11. The van der Waals surface area contributed by atoms with Crippen molar-refractivity contribution in [3.8, 4) is 0 Å². The Kier molecular flexibility index (Phi) is 6.33. The van der Waals surface area contributed by atoms with Crippen LogP contribution in [0.15, 0.2) is 0 Å². The van der Waals surface area contributed by atoms with Crippen molar-refractivity contribution in [2.24, 2.45) is 5.73 Å². The van der Waals surface area contributed by atoms with Crippen LogP contribution >= 0.6 is 0 Å². The molecule has 0 aliphatic carbocycles. The van der Waals surface area contributed by atoms with Crippen molar-refractivity contribution in [2.75, 3.05) is 26.4 Å². The third-order valence-electron chi connectivity index (χ3n) is 1.51. The monoisotopic (exact) mass is 259 g/mol. The van der Waals surface area contributed by atoms with E-state index >= 15 is 0 Å². The minimum absolute atomic E-state index is 0.00750. The molecule has 0 aliphatic heterocycles. The van der Waals surface area contributed by atoms with Crippen molar-refractivity contribution in [3.05, 3.63) is 0 Å². The molecule has 16 heavy (non-hydrogen) atoms. The first-order valence-corrected chi connectivity index (χ1v) is 5.80. The van der Waals surface area contributed by atoms with Crippen LogP contribution in [0.3, 0.4) is 0 Å². The SMILES string of the molecule is CC(N)(CO)COCC(O)COS(=O)(=O)O. The Balaban J connectivity index is 3.71. The standard InChI is InChI=1S/C7H17NO7S/c1-7(8,4-9)5-14-2-6(10)3-15-16(11,12)13/h6,9-10H,2-5,8H2,1H3,(H,11,12,13). The number of rotatable bonds is 8. The normalized spacial score (nSPS) is 18.1.